The van der Waals surface area contributed by atoms with E-state index in [1.165, 1.54) is 0 Å². The number of rotatable bonds is 6. The summed E-state index contributed by atoms with van der Waals surface area (Å²) < 4.78 is 44.7. The van der Waals surface area contributed by atoms with Crippen LogP contribution in [0.15, 0.2) is 249 Å². The molecule has 2 heterocycles. The number of hydrogen-bond donors (Lipinski definition) is 0. The predicted octanol–water partition coefficient (Wildman–Crippen LogP) is 21.1. The van der Waals surface area contributed by atoms with Crippen LogP contribution in [0.3, 0.4) is 0 Å². The normalized spacial score (nSPS) is 13.9. The minimum Gasteiger partial charge on any atom is -0.417 e. The highest BCUT2D eigenvalue weighted by Gasteiger charge is 2.52. The molecule has 0 N–H and O–H groups in total. The molecule has 0 radical (unpaired) electrons. The van der Waals surface area contributed by atoms with E-state index in [0.717, 1.165) is 110 Å². The summed E-state index contributed by atoms with van der Waals surface area (Å²) in [6.07, 6.45) is 0. The van der Waals surface area contributed by atoms with Gasteiger partial charge in [0.1, 0.15) is 23.0 Å². The van der Waals surface area contributed by atoms with E-state index in [4.69, 9.17) is 24.0 Å². The van der Waals surface area contributed by atoms with E-state index in [9.17, 15) is 0 Å². The van der Waals surface area contributed by atoms with E-state index in [1.807, 2.05) is 35.8 Å². The van der Waals surface area contributed by atoms with Crippen LogP contribution in [0.4, 0.5) is 0 Å². The highest BCUT2D eigenvalue weighted by molar-refractivity contribution is 14.1. The summed E-state index contributed by atoms with van der Waals surface area (Å²) in [5.74, 6) is 2.53. The van der Waals surface area contributed by atoms with Crippen molar-refractivity contribution < 1.29 is 18.1 Å². The van der Waals surface area contributed by atoms with Crippen LogP contribution in [-0.4, -0.2) is 11.5 Å². The average Bonchev–Trinajstić information content (AvgIpc) is 3.79. The first-order chi connectivity index (χ1) is 37.5. The van der Waals surface area contributed by atoms with Crippen LogP contribution in [0, 0.1) is 0 Å². The van der Waals surface area contributed by atoms with Crippen LogP contribution in [0.5, 0.6) is 23.0 Å². The topological polar surface area (TPSA) is 64.9 Å². The molecule has 2 aliphatic heterocycles. The quantitative estimate of drug-likeness (QED) is 0.123. The Balaban J connectivity index is 1.12. The van der Waals surface area contributed by atoms with Gasteiger partial charge in [0.2, 0.25) is 0 Å². The lowest BCUT2D eigenvalue weighted by atomic mass is 9.86. The van der Waals surface area contributed by atoms with Crippen molar-refractivity contribution in [2.75, 3.05) is 7.05 Å². The fourth-order valence-electron chi connectivity index (χ4n) is 11.1. The summed E-state index contributed by atoms with van der Waals surface area (Å²) >= 11 is 4.22. The van der Waals surface area contributed by atoms with Gasteiger partial charge in [-0.3, -0.25) is 0 Å². The third-order valence-electron chi connectivity index (χ3n) is 14.6. The summed E-state index contributed by atoms with van der Waals surface area (Å²) in [7, 11) is -5.92. The third kappa shape index (κ3) is 7.61. The Morgan fingerprint density at radius 2 is 0.513 bits per heavy atom. The first kappa shape index (κ1) is 47.2. The average molecular weight is 1250 g/mol. The highest BCUT2D eigenvalue weighted by Crippen LogP contribution is 2.76. The van der Waals surface area contributed by atoms with Gasteiger partial charge in [0.15, 0.2) is 0 Å². The zero-order chi connectivity index (χ0) is 51.0. The molecule has 0 spiro atoms. The third-order valence-corrected chi connectivity index (χ3v) is 22.8. The van der Waals surface area contributed by atoms with Crippen LogP contribution >= 0.6 is 61.0 Å². The van der Waals surface area contributed by atoms with Gasteiger partial charge in [0.25, 0.3) is 0 Å². The molecule has 0 saturated heterocycles. The molecule has 0 saturated carbocycles. The van der Waals surface area contributed by atoms with Crippen molar-refractivity contribution >= 4 is 104 Å². The minimum absolute atomic E-state index is 0.633. The van der Waals surface area contributed by atoms with E-state index in [2.05, 4.69) is 264 Å². The summed E-state index contributed by atoms with van der Waals surface area (Å²) in [6.45, 7) is 0. The molecule has 76 heavy (non-hydrogen) atoms. The van der Waals surface area contributed by atoms with Crippen molar-refractivity contribution in [1.82, 2.24) is 4.44 Å². The minimum atomic E-state index is -3.94. The molecule has 0 aromatic heterocycles. The van der Waals surface area contributed by atoms with Gasteiger partial charge in [0.05, 0.1) is 45.7 Å². The second-order valence-electron chi connectivity index (χ2n) is 18.8. The van der Waals surface area contributed by atoms with Gasteiger partial charge in [-0.15, -0.1) is 10.4 Å². The number of hydrogen-bond acceptors (Lipinski definition) is 6. The largest absolute Gasteiger partial charge is 0.417 e. The summed E-state index contributed by atoms with van der Waals surface area (Å²) in [5.41, 5.74) is 11.1. The molecule has 0 atom stereocenters. The van der Waals surface area contributed by atoms with E-state index < -0.39 is 15.3 Å². The molecule has 0 unspecified atom stereocenters. The standard InChI is InChI=1S/C65H43I2N3O4P2/c1-70(75(68-66)71-62-54(42-22-6-2-7-23-42)38-46-30-14-18-34-50(46)58(62)59-51-35-19-15-31-47(51)39-55(63(59)72-75)43-24-8-3-9-25-43)76(69-67)73-64-56(44-26-10-4-11-27-44)40-48-32-16-20-36-52(48)60(64)61-53-37-21-17-33-49(53)41-57(65(61)74-76)45-28-12-5-13-29-45/h2-41H,1H3. The second-order valence-corrected chi connectivity index (χ2v) is 25.9. The SMILES string of the molecule is CN(P1(=NI)Oc2c(-c3ccccc3)cc3ccccc3c2-c2c(c(-c3ccccc3)cc3ccccc23)O1)P1(=NI)Oc2c(-c3ccccc3)cc3ccccc3c2-c2c(c(-c3ccccc3)cc3ccccc23)O1. The lowest BCUT2D eigenvalue weighted by Gasteiger charge is -2.37. The van der Waals surface area contributed by atoms with Gasteiger partial charge in [0, 0.05) is 51.6 Å². The van der Waals surface area contributed by atoms with Crippen LogP contribution in [0.25, 0.3) is 110 Å². The smallest absolute Gasteiger partial charge is 0.417 e. The van der Waals surface area contributed by atoms with Crippen LogP contribution in [-0.2, 0) is 0 Å². The fraction of sp³-hybridized carbons (Fsp3) is 0.0154. The van der Waals surface area contributed by atoms with Crippen LogP contribution < -0.4 is 18.1 Å². The van der Waals surface area contributed by atoms with Crippen molar-refractivity contribution in [3.63, 3.8) is 0 Å². The summed E-state index contributed by atoms with van der Waals surface area (Å²) in [5, 5.41) is 8.30. The van der Waals surface area contributed by atoms with Crippen molar-refractivity contribution in [1.29, 1.82) is 0 Å². The predicted molar refractivity (Wildman–Crippen MR) is 333 cm³/mol. The molecular formula is C65H43I2N3O4P2. The Morgan fingerprint density at radius 3 is 0.737 bits per heavy atom. The zero-order valence-electron chi connectivity index (χ0n) is 40.7. The summed E-state index contributed by atoms with van der Waals surface area (Å²) in [6, 6.07) is 84.9. The van der Waals surface area contributed by atoms with Gasteiger partial charge in [-0.25, -0.2) is 0 Å². The van der Waals surface area contributed by atoms with Gasteiger partial charge in [-0.05, 0) is 89.6 Å². The Kier molecular flexibility index (Phi) is 11.9. The van der Waals surface area contributed by atoms with E-state index in [0.29, 0.717) is 23.0 Å². The Morgan fingerprint density at radius 1 is 0.303 bits per heavy atom. The molecule has 12 aromatic rings. The van der Waals surface area contributed by atoms with Gasteiger partial charge in [-0.2, -0.15) is 0 Å². The molecule has 11 heteroatoms. The maximum Gasteiger partial charge on any atom is 0.417 e. The number of benzene rings is 12. The Bertz CT molecular complexity index is 3880. The lowest BCUT2D eigenvalue weighted by molar-refractivity contribution is 0.396. The van der Waals surface area contributed by atoms with Crippen molar-refractivity contribution in [2.45, 2.75) is 0 Å². The lowest BCUT2D eigenvalue weighted by Crippen LogP contribution is -2.24. The number of nitrogens with zero attached hydrogens (tertiary/aromatic N) is 3. The fourth-order valence-corrected chi connectivity index (χ4v) is 19.2. The van der Waals surface area contributed by atoms with Crippen LogP contribution in [0.2, 0.25) is 0 Å². The molecule has 366 valence electrons. The maximum atomic E-state index is 7.98. The highest BCUT2D eigenvalue weighted by atomic mass is 127. The maximum absolute atomic E-state index is 7.98. The van der Waals surface area contributed by atoms with E-state index in [-0.39, 0.29) is 0 Å². The molecule has 0 fully saturated rings. The van der Waals surface area contributed by atoms with Crippen molar-refractivity contribution in [3.05, 3.63) is 243 Å². The second kappa shape index (κ2) is 19.1. The first-order valence-electron chi connectivity index (χ1n) is 24.9. The molecule has 2 aliphatic rings. The van der Waals surface area contributed by atoms with E-state index >= 15 is 0 Å². The van der Waals surface area contributed by atoms with E-state index in [1.54, 1.807) is 0 Å². The molecule has 14 rings (SSSR count). The number of halogens is 2. The first-order valence-corrected chi connectivity index (χ1v) is 29.9. The van der Waals surface area contributed by atoms with Crippen molar-refractivity contribution in [3.8, 4) is 89.8 Å². The van der Waals surface area contributed by atoms with Crippen LogP contribution in [0.1, 0.15) is 0 Å². The molecule has 0 amide bonds. The summed E-state index contributed by atoms with van der Waals surface area (Å²) in [4.78, 5) is 0. The molecule has 0 aliphatic carbocycles. The Labute approximate surface area is 468 Å². The monoisotopic (exact) mass is 1250 g/mol. The Hall–Kier alpha value is -7.24. The molecule has 7 nitrogen and oxygen atoms in total. The molecule has 12 aromatic carbocycles. The van der Waals surface area contributed by atoms with Crippen molar-refractivity contribution in [2.24, 2.45) is 5.92 Å². The van der Waals surface area contributed by atoms with Gasteiger partial charge < -0.3 is 18.1 Å². The number of fused-ring (bicyclic) bond motifs is 14. The van der Waals surface area contributed by atoms with Gasteiger partial charge >= 0.3 is 15.3 Å². The molecule has 0 bridgehead atoms. The van der Waals surface area contributed by atoms with Gasteiger partial charge in [-0.1, -0.05) is 218 Å². The molecular weight excluding hydrogens is 1200 g/mol. The zero-order valence-corrected chi connectivity index (χ0v) is 46.8.